The van der Waals surface area contributed by atoms with E-state index in [1.165, 1.54) is 0 Å². The van der Waals surface area contributed by atoms with Gasteiger partial charge in [0.2, 0.25) is 0 Å². The third-order valence-electron chi connectivity index (χ3n) is 5.28. The first kappa shape index (κ1) is 24.8. The van der Waals surface area contributed by atoms with E-state index >= 15 is 0 Å². The Hall–Kier alpha value is -1.80. The van der Waals surface area contributed by atoms with Crippen LogP contribution in [0, 0.1) is 0 Å². The predicted molar refractivity (Wildman–Crippen MR) is 125 cm³/mol. The second-order valence-electron chi connectivity index (χ2n) is 8.84. The lowest BCUT2D eigenvalue weighted by Gasteiger charge is -2.27. The zero-order chi connectivity index (χ0) is 23.7. The maximum absolute atomic E-state index is 11.7. The number of rotatable bonds is 10. The predicted octanol–water partition coefficient (Wildman–Crippen LogP) is 4.48. The highest BCUT2D eigenvalue weighted by Crippen LogP contribution is 2.41. The Morgan fingerprint density at radius 3 is 2.16 bits per heavy atom. The van der Waals surface area contributed by atoms with Gasteiger partial charge in [-0.15, -0.1) is 0 Å². The van der Waals surface area contributed by atoms with Crippen molar-refractivity contribution in [1.82, 2.24) is 0 Å². The van der Waals surface area contributed by atoms with Gasteiger partial charge in [-0.05, 0) is 42.3 Å². The number of carbonyl (C=O) groups is 1. The molecule has 9 heteroatoms. The molecule has 0 radical (unpaired) electrons. The first-order chi connectivity index (χ1) is 14.8. The number of hydrogen-bond donors (Lipinski definition) is 0. The average Bonchev–Trinajstić information content (AvgIpc) is 3.42. The standard InChI is InChI=1S/C23H26Cl2O6S/c1-22(2,15-5-7-18(8-6-15)29-11-17(26)12-32(4,27)28)16-9-19(24)21(20(25)10-16)30-13-23(3)14-31-23/h5-10H,11-14H2,1-4H3. The van der Waals surface area contributed by atoms with E-state index in [1.807, 2.05) is 45.0 Å². The average molecular weight is 501 g/mol. The van der Waals surface area contributed by atoms with E-state index in [0.717, 1.165) is 17.4 Å². The van der Waals surface area contributed by atoms with Crippen molar-refractivity contribution >= 4 is 38.8 Å². The smallest absolute Gasteiger partial charge is 0.185 e. The minimum absolute atomic E-state index is 0.274. The lowest BCUT2D eigenvalue weighted by Crippen LogP contribution is -2.21. The van der Waals surface area contributed by atoms with Crippen molar-refractivity contribution in [3.05, 3.63) is 57.6 Å². The van der Waals surface area contributed by atoms with Crippen LogP contribution in [0.1, 0.15) is 31.9 Å². The Kier molecular flexibility index (Phi) is 7.15. The van der Waals surface area contributed by atoms with Crippen LogP contribution in [0.5, 0.6) is 11.5 Å². The highest BCUT2D eigenvalue weighted by atomic mass is 35.5. The molecule has 1 saturated heterocycles. The van der Waals surface area contributed by atoms with Gasteiger partial charge in [-0.2, -0.15) is 0 Å². The van der Waals surface area contributed by atoms with Crippen LogP contribution in [0.4, 0.5) is 0 Å². The first-order valence-corrected chi connectivity index (χ1v) is 12.8. The van der Waals surface area contributed by atoms with E-state index in [9.17, 15) is 13.2 Å². The number of ketones is 1. The maximum Gasteiger partial charge on any atom is 0.185 e. The molecular weight excluding hydrogens is 475 g/mol. The zero-order valence-corrected chi connectivity index (χ0v) is 20.7. The Morgan fingerprint density at radius 1 is 1.09 bits per heavy atom. The quantitative estimate of drug-likeness (QED) is 0.447. The summed E-state index contributed by atoms with van der Waals surface area (Å²) in [7, 11) is -3.37. The van der Waals surface area contributed by atoms with E-state index < -0.39 is 26.8 Å². The van der Waals surface area contributed by atoms with Gasteiger partial charge in [0.05, 0.1) is 16.7 Å². The van der Waals surface area contributed by atoms with Crippen LogP contribution in [0.25, 0.3) is 0 Å². The number of Topliss-reactive ketones (excluding diaryl/α,β-unsaturated/α-hetero) is 1. The van der Waals surface area contributed by atoms with Crippen LogP contribution in [0.15, 0.2) is 36.4 Å². The van der Waals surface area contributed by atoms with E-state index in [4.69, 9.17) is 37.4 Å². The number of sulfone groups is 1. The summed E-state index contributed by atoms with van der Waals surface area (Å²) in [5.41, 5.74) is 1.18. The summed E-state index contributed by atoms with van der Waals surface area (Å²) in [6, 6.07) is 10.9. The molecule has 0 saturated carbocycles. The number of carbonyl (C=O) groups excluding carboxylic acids is 1. The third-order valence-corrected chi connectivity index (χ3v) is 6.69. The van der Waals surface area contributed by atoms with Gasteiger partial charge in [0, 0.05) is 11.7 Å². The fourth-order valence-electron chi connectivity index (χ4n) is 3.12. The molecule has 1 aliphatic rings. The van der Waals surface area contributed by atoms with Gasteiger partial charge < -0.3 is 14.2 Å². The monoisotopic (exact) mass is 500 g/mol. The molecule has 2 aromatic carbocycles. The van der Waals surface area contributed by atoms with Gasteiger partial charge in [-0.25, -0.2) is 8.42 Å². The summed E-state index contributed by atoms with van der Waals surface area (Å²) in [6.45, 7) is 6.77. The molecule has 0 amide bonds. The summed E-state index contributed by atoms with van der Waals surface area (Å²) in [5.74, 6) is -0.120. The maximum atomic E-state index is 11.7. The van der Waals surface area contributed by atoms with Crippen molar-refractivity contribution in [2.24, 2.45) is 0 Å². The number of halogens is 2. The lowest BCUT2D eigenvalue weighted by atomic mass is 9.78. The highest BCUT2D eigenvalue weighted by molar-refractivity contribution is 7.91. The van der Waals surface area contributed by atoms with Gasteiger partial charge in [0.15, 0.2) is 21.4 Å². The molecule has 0 bridgehead atoms. The Morgan fingerprint density at radius 2 is 1.66 bits per heavy atom. The number of hydrogen-bond acceptors (Lipinski definition) is 6. The van der Waals surface area contributed by atoms with Crippen molar-refractivity contribution in [2.45, 2.75) is 31.8 Å². The van der Waals surface area contributed by atoms with Crippen molar-refractivity contribution < 1.29 is 27.4 Å². The summed E-state index contributed by atoms with van der Waals surface area (Å²) < 4.78 is 38.9. The summed E-state index contributed by atoms with van der Waals surface area (Å²) >= 11 is 12.9. The Labute approximate surface area is 198 Å². The minimum Gasteiger partial charge on any atom is -0.487 e. The Bertz CT molecular complexity index is 1080. The largest absolute Gasteiger partial charge is 0.487 e. The molecule has 1 heterocycles. The van der Waals surface area contributed by atoms with Crippen molar-refractivity contribution in [2.75, 3.05) is 31.8 Å². The van der Waals surface area contributed by atoms with Crippen LogP contribution < -0.4 is 9.47 Å². The molecule has 174 valence electrons. The first-order valence-electron chi connectivity index (χ1n) is 9.98. The molecule has 0 spiro atoms. The molecule has 1 unspecified atom stereocenters. The molecule has 0 aromatic heterocycles. The number of benzene rings is 2. The molecule has 2 aromatic rings. The SMILES string of the molecule is CC1(COc2c(Cl)cc(C(C)(C)c3ccc(OCC(=O)CS(C)(=O)=O)cc3)cc2Cl)CO1. The normalized spacial score (nSPS) is 18.3. The fourth-order valence-corrected chi connectivity index (χ4v) is 4.39. The molecule has 32 heavy (non-hydrogen) atoms. The van der Waals surface area contributed by atoms with Gasteiger partial charge in [0.25, 0.3) is 0 Å². The lowest BCUT2D eigenvalue weighted by molar-refractivity contribution is -0.118. The van der Waals surface area contributed by atoms with Crippen molar-refractivity contribution in [3.8, 4) is 11.5 Å². The molecule has 3 rings (SSSR count). The topological polar surface area (TPSA) is 82.2 Å². The second-order valence-corrected chi connectivity index (χ2v) is 11.8. The van der Waals surface area contributed by atoms with Crippen LogP contribution >= 0.6 is 23.2 Å². The molecule has 1 aliphatic heterocycles. The molecular formula is C23H26Cl2O6S. The van der Waals surface area contributed by atoms with Crippen molar-refractivity contribution in [3.63, 3.8) is 0 Å². The Balaban J connectivity index is 1.71. The third kappa shape index (κ3) is 6.38. The van der Waals surface area contributed by atoms with Crippen molar-refractivity contribution in [1.29, 1.82) is 0 Å². The molecule has 1 atom stereocenters. The number of ether oxygens (including phenoxy) is 3. The van der Waals surface area contributed by atoms with Crippen LogP contribution in [-0.2, 0) is 24.8 Å². The van der Waals surface area contributed by atoms with E-state index in [2.05, 4.69) is 0 Å². The molecule has 6 nitrogen and oxygen atoms in total. The molecule has 0 aliphatic carbocycles. The van der Waals surface area contributed by atoms with Gasteiger partial charge in [-0.1, -0.05) is 49.2 Å². The van der Waals surface area contributed by atoms with Crippen LogP contribution in [0.2, 0.25) is 10.0 Å². The highest BCUT2D eigenvalue weighted by Gasteiger charge is 2.40. The van der Waals surface area contributed by atoms with Gasteiger partial charge in [0.1, 0.15) is 30.3 Å². The molecule has 1 fully saturated rings. The van der Waals surface area contributed by atoms with Gasteiger partial charge >= 0.3 is 0 Å². The van der Waals surface area contributed by atoms with Crippen LogP contribution in [-0.4, -0.2) is 51.6 Å². The van der Waals surface area contributed by atoms with Crippen LogP contribution in [0.3, 0.4) is 0 Å². The zero-order valence-electron chi connectivity index (χ0n) is 18.4. The summed E-state index contributed by atoms with van der Waals surface area (Å²) in [5, 5.41) is 0.850. The van der Waals surface area contributed by atoms with E-state index in [0.29, 0.717) is 34.8 Å². The summed E-state index contributed by atoms with van der Waals surface area (Å²) in [4.78, 5) is 11.7. The fraction of sp³-hybridized carbons (Fsp3) is 0.435. The van der Waals surface area contributed by atoms with E-state index in [-0.39, 0.29) is 12.2 Å². The number of epoxide rings is 1. The minimum atomic E-state index is -3.37. The summed E-state index contributed by atoms with van der Waals surface area (Å²) in [6.07, 6.45) is 1.01. The van der Waals surface area contributed by atoms with Gasteiger partial charge in [-0.3, -0.25) is 4.79 Å². The van der Waals surface area contributed by atoms with E-state index in [1.54, 1.807) is 12.1 Å². The second kappa shape index (κ2) is 9.21. The molecule has 0 N–H and O–H groups in total.